The minimum Gasteiger partial charge on any atom is -0.361 e. The van der Waals surface area contributed by atoms with Crippen molar-refractivity contribution in [2.75, 3.05) is 6.54 Å². The van der Waals surface area contributed by atoms with E-state index in [0.29, 0.717) is 12.3 Å². The van der Waals surface area contributed by atoms with Gasteiger partial charge in [-0.2, -0.15) is 0 Å². The van der Waals surface area contributed by atoms with E-state index in [1.54, 1.807) is 0 Å². The Labute approximate surface area is 133 Å². The molecule has 1 aromatic heterocycles. The molecule has 3 nitrogen and oxygen atoms in total. The maximum atomic E-state index is 12.0. The van der Waals surface area contributed by atoms with E-state index in [9.17, 15) is 4.79 Å². The second kappa shape index (κ2) is 6.99. The fourth-order valence-corrected chi connectivity index (χ4v) is 2.50. The van der Waals surface area contributed by atoms with E-state index in [1.807, 2.05) is 6.07 Å². The van der Waals surface area contributed by atoms with Gasteiger partial charge in [-0.05, 0) is 35.8 Å². The van der Waals surface area contributed by atoms with Gasteiger partial charge in [0.2, 0.25) is 5.91 Å². The predicted octanol–water partition coefficient (Wildman–Crippen LogP) is 4.29. The number of benzene rings is 1. The molecule has 1 atom stereocenters. The Bertz CT molecular complexity index is 622. The molecule has 1 amide bonds. The maximum Gasteiger partial charge on any atom is 0.220 e. The average Bonchev–Trinajstić information content (AvgIpc) is 2.86. The van der Waals surface area contributed by atoms with Gasteiger partial charge in [-0.1, -0.05) is 45.9 Å². The number of aromatic amines is 1. The van der Waals surface area contributed by atoms with Crippen molar-refractivity contribution >= 4 is 16.8 Å². The number of hydrogen-bond acceptors (Lipinski definition) is 1. The van der Waals surface area contributed by atoms with Gasteiger partial charge in [0.1, 0.15) is 0 Å². The highest BCUT2D eigenvalue weighted by Crippen LogP contribution is 2.27. The first-order valence-corrected chi connectivity index (χ1v) is 8.19. The standard InChI is InChI=1S/C19H28N2O/c1-14(19(2,3)4)12-18(22)20-11-7-8-15-13-21-17-10-6-5-9-16(15)17/h5-6,9-10,13-14,21H,7-8,11-12H2,1-4H3,(H,20,22). The lowest BCUT2D eigenvalue weighted by molar-refractivity contribution is -0.122. The number of H-pyrrole nitrogens is 1. The highest BCUT2D eigenvalue weighted by atomic mass is 16.1. The van der Waals surface area contributed by atoms with Crippen LogP contribution in [0, 0.1) is 11.3 Å². The molecule has 1 unspecified atom stereocenters. The summed E-state index contributed by atoms with van der Waals surface area (Å²) in [7, 11) is 0. The quantitative estimate of drug-likeness (QED) is 0.768. The number of fused-ring (bicyclic) bond motifs is 1. The van der Waals surface area contributed by atoms with Gasteiger partial charge in [0, 0.05) is 30.1 Å². The van der Waals surface area contributed by atoms with Crippen molar-refractivity contribution in [3.05, 3.63) is 36.0 Å². The van der Waals surface area contributed by atoms with Gasteiger partial charge in [0.15, 0.2) is 0 Å². The number of aromatic nitrogens is 1. The molecule has 120 valence electrons. The predicted molar refractivity (Wildman–Crippen MR) is 92.9 cm³/mol. The van der Waals surface area contributed by atoms with Crippen molar-refractivity contribution in [1.82, 2.24) is 10.3 Å². The van der Waals surface area contributed by atoms with Crippen LogP contribution in [0.4, 0.5) is 0 Å². The normalized spacial score (nSPS) is 13.3. The largest absolute Gasteiger partial charge is 0.361 e. The van der Waals surface area contributed by atoms with Crippen LogP contribution in [0.15, 0.2) is 30.5 Å². The Morgan fingerprint density at radius 2 is 2.00 bits per heavy atom. The lowest BCUT2D eigenvalue weighted by Crippen LogP contribution is -2.29. The Morgan fingerprint density at radius 3 is 2.73 bits per heavy atom. The van der Waals surface area contributed by atoms with E-state index in [4.69, 9.17) is 0 Å². The first kappa shape index (κ1) is 16.6. The molecule has 0 bridgehead atoms. The van der Waals surface area contributed by atoms with Gasteiger partial charge in [0.25, 0.3) is 0 Å². The van der Waals surface area contributed by atoms with Crippen molar-refractivity contribution in [3.8, 4) is 0 Å². The van der Waals surface area contributed by atoms with Gasteiger partial charge in [-0.15, -0.1) is 0 Å². The minimum absolute atomic E-state index is 0.168. The van der Waals surface area contributed by atoms with Crippen LogP contribution in [-0.2, 0) is 11.2 Å². The summed E-state index contributed by atoms with van der Waals surface area (Å²) in [4.78, 5) is 15.2. The van der Waals surface area contributed by atoms with E-state index < -0.39 is 0 Å². The van der Waals surface area contributed by atoms with Crippen LogP contribution in [0.25, 0.3) is 10.9 Å². The molecule has 0 fully saturated rings. The third-order valence-electron chi connectivity index (χ3n) is 4.59. The molecule has 3 heteroatoms. The van der Waals surface area contributed by atoms with Crippen LogP contribution in [0.1, 0.15) is 46.1 Å². The van der Waals surface area contributed by atoms with Gasteiger partial charge in [-0.3, -0.25) is 4.79 Å². The van der Waals surface area contributed by atoms with Crippen molar-refractivity contribution in [2.24, 2.45) is 11.3 Å². The third kappa shape index (κ3) is 4.36. The number of carbonyl (C=O) groups is 1. The topological polar surface area (TPSA) is 44.9 Å². The molecule has 0 aliphatic heterocycles. The summed E-state index contributed by atoms with van der Waals surface area (Å²) in [6, 6.07) is 8.34. The smallest absolute Gasteiger partial charge is 0.220 e. The summed E-state index contributed by atoms with van der Waals surface area (Å²) in [5.41, 5.74) is 2.69. The molecule has 0 spiro atoms. The summed E-state index contributed by atoms with van der Waals surface area (Å²) in [6.07, 6.45) is 4.64. The van der Waals surface area contributed by atoms with E-state index in [2.05, 4.69) is 62.4 Å². The van der Waals surface area contributed by atoms with Crippen LogP contribution in [-0.4, -0.2) is 17.4 Å². The molecule has 2 N–H and O–H groups in total. The van der Waals surface area contributed by atoms with Crippen LogP contribution < -0.4 is 5.32 Å². The van der Waals surface area contributed by atoms with Gasteiger partial charge >= 0.3 is 0 Å². The molecule has 22 heavy (non-hydrogen) atoms. The number of amides is 1. The number of hydrogen-bond donors (Lipinski definition) is 2. The molecule has 0 aliphatic rings. The molecule has 1 heterocycles. The summed E-state index contributed by atoms with van der Waals surface area (Å²) < 4.78 is 0. The molecule has 0 saturated carbocycles. The molecular weight excluding hydrogens is 272 g/mol. The lowest BCUT2D eigenvalue weighted by Gasteiger charge is -2.26. The first-order valence-electron chi connectivity index (χ1n) is 8.19. The summed E-state index contributed by atoms with van der Waals surface area (Å²) in [5, 5.41) is 4.33. The monoisotopic (exact) mass is 300 g/mol. The number of aryl methyl sites for hydroxylation is 1. The van der Waals surface area contributed by atoms with Crippen LogP contribution >= 0.6 is 0 Å². The zero-order valence-electron chi connectivity index (χ0n) is 14.2. The summed E-state index contributed by atoms with van der Waals surface area (Å²) in [6.45, 7) is 9.44. The number of para-hydroxylation sites is 1. The molecule has 0 radical (unpaired) electrons. The van der Waals surface area contributed by atoms with Crippen molar-refractivity contribution in [2.45, 2.75) is 47.0 Å². The molecule has 0 aliphatic carbocycles. The third-order valence-corrected chi connectivity index (χ3v) is 4.59. The van der Waals surface area contributed by atoms with Crippen molar-refractivity contribution in [3.63, 3.8) is 0 Å². The number of rotatable bonds is 6. The Morgan fingerprint density at radius 1 is 1.27 bits per heavy atom. The van der Waals surface area contributed by atoms with E-state index in [-0.39, 0.29) is 11.3 Å². The Kier molecular flexibility index (Phi) is 5.28. The average molecular weight is 300 g/mol. The molecule has 2 rings (SSSR count). The zero-order chi connectivity index (χ0) is 16.2. The van der Waals surface area contributed by atoms with Crippen molar-refractivity contribution in [1.29, 1.82) is 0 Å². The molecule has 0 saturated heterocycles. The van der Waals surface area contributed by atoms with Gasteiger partial charge in [0.05, 0.1) is 0 Å². The van der Waals surface area contributed by atoms with Crippen molar-refractivity contribution < 1.29 is 4.79 Å². The first-order chi connectivity index (χ1) is 10.4. The highest BCUT2D eigenvalue weighted by Gasteiger charge is 2.22. The zero-order valence-corrected chi connectivity index (χ0v) is 14.2. The summed E-state index contributed by atoms with van der Waals surface area (Å²) in [5.74, 6) is 0.558. The fourth-order valence-electron chi connectivity index (χ4n) is 2.50. The second-order valence-corrected chi connectivity index (χ2v) is 7.28. The lowest BCUT2D eigenvalue weighted by atomic mass is 9.80. The number of carbonyl (C=O) groups excluding carboxylic acids is 1. The molecular formula is C19H28N2O. The van der Waals surface area contributed by atoms with E-state index in [0.717, 1.165) is 19.4 Å². The maximum absolute atomic E-state index is 12.0. The molecule has 1 aromatic carbocycles. The Balaban J connectivity index is 1.74. The second-order valence-electron chi connectivity index (χ2n) is 7.28. The van der Waals surface area contributed by atoms with Crippen LogP contribution in [0.2, 0.25) is 0 Å². The van der Waals surface area contributed by atoms with Gasteiger partial charge in [-0.25, -0.2) is 0 Å². The van der Waals surface area contributed by atoms with Gasteiger partial charge < -0.3 is 10.3 Å². The summed E-state index contributed by atoms with van der Waals surface area (Å²) >= 11 is 0. The minimum atomic E-state index is 0.168. The Hall–Kier alpha value is -1.77. The molecule has 2 aromatic rings. The SMILES string of the molecule is CC(CC(=O)NCCCc1c[nH]c2ccccc12)C(C)(C)C. The fraction of sp³-hybridized carbons (Fsp3) is 0.526. The van der Waals surface area contributed by atoms with Crippen LogP contribution in [0.5, 0.6) is 0 Å². The van der Waals surface area contributed by atoms with E-state index in [1.165, 1.54) is 16.5 Å². The van der Waals surface area contributed by atoms with Crippen LogP contribution in [0.3, 0.4) is 0 Å². The number of nitrogens with one attached hydrogen (secondary N) is 2. The van der Waals surface area contributed by atoms with E-state index >= 15 is 0 Å². The highest BCUT2D eigenvalue weighted by molar-refractivity contribution is 5.83.